The fourth-order valence-electron chi connectivity index (χ4n) is 1.89. The molecule has 0 saturated carbocycles. The average Bonchev–Trinajstić information content (AvgIpc) is 2.31. The predicted octanol–water partition coefficient (Wildman–Crippen LogP) is 3.73. The lowest BCUT2D eigenvalue weighted by atomic mass is 10.0. The van der Waals surface area contributed by atoms with Crippen molar-refractivity contribution in [1.82, 2.24) is 4.98 Å². The number of ketones is 1. The largest absolute Gasteiger partial charge is 0.294 e. The normalized spacial score (nSPS) is 10.4. The Kier molecular flexibility index (Phi) is 4.11. The highest BCUT2D eigenvalue weighted by molar-refractivity contribution is 14.1. The van der Waals surface area contributed by atoms with Crippen LogP contribution in [-0.2, 0) is 6.42 Å². The summed E-state index contributed by atoms with van der Waals surface area (Å²) in [5, 5.41) is 0. The highest BCUT2D eigenvalue weighted by atomic mass is 127. The Morgan fingerprint density at radius 3 is 2.22 bits per heavy atom. The molecule has 0 fully saturated rings. The maximum absolute atomic E-state index is 12.2. The Morgan fingerprint density at radius 2 is 1.67 bits per heavy atom. The molecule has 18 heavy (non-hydrogen) atoms. The molecule has 3 heteroatoms. The van der Waals surface area contributed by atoms with Gasteiger partial charge in [0.25, 0.3) is 0 Å². The zero-order chi connectivity index (χ0) is 13.1. The second-order valence-electron chi connectivity index (χ2n) is 4.37. The Balaban J connectivity index is 2.19. The number of hydrogen-bond donors (Lipinski definition) is 0. The van der Waals surface area contributed by atoms with Crippen molar-refractivity contribution in [1.29, 1.82) is 0 Å². The quantitative estimate of drug-likeness (QED) is 0.623. The molecule has 1 aromatic carbocycles. The van der Waals surface area contributed by atoms with Crippen molar-refractivity contribution in [2.24, 2.45) is 0 Å². The number of carbonyl (C=O) groups is 1. The van der Waals surface area contributed by atoms with E-state index in [4.69, 9.17) is 0 Å². The number of benzene rings is 1. The van der Waals surface area contributed by atoms with Crippen LogP contribution >= 0.6 is 22.6 Å². The van der Waals surface area contributed by atoms with Gasteiger partial charge in [-0.1, -0.05) is 12.1 Å². The van der Waals surface area contributed by atoms with Gasteiger partial charge in [-0.05, 0) is 66.3 Å². The van der Waals surface area contributed by atoms with Crippen molar-refractivity contribution in [3.05, 3.63) is 62.5 Å². The number of aromatic nitrogens is 1. The van der Waals surface area contributed by atoms with E-state index < -0.39 is 0 Å². The summed E-state index contributed by atoms with van der Waals surface area (Å²) >= 11 is 2.26. The van der Waals surface area contributed by atoms with Crippen molar-refractivity contribution in [2.45, 2.75) is 20.3 Å². The third-order valence-corrected chi connectivity index (χ3v) is 3.40. The van der Waals surface area contributed by atoms with E-state index in [2.05, 4.69) is 27.6 Å². The highest BCUT2D eigenvalue weighted by Crippen LogP contribution is 2.12. The van der Waals surface area contributed by atoms with Gasteiger partial charge in [-0.3, -0.25) is 9.78 Å². The van der Waals surface area contributed by atoms with E-state index in [-0.39, 0.29) is 5.78 Å². The average molecular weight is 351 g/mol. The van der Waals surface area contributed by atoms with Gasteiger partial charge in [-0.2, -0.15) is 0 Å². The zero-order valence-electron chi connectivity index (χ0n) is 10.4. The van der Waals surface area contributed by atoms with Crippen molar-refractivity contribution in [2.75, 3.05) is 0 Å². The molecule has 0 aliphatic carbocycles. The van der Waals surface area contributed by atoms with Crippen molar-refractivity contribution >= 4 is 28.4 Å². The Hall–Kier alpha value is -1.23. The topological polar surface area (TPSA) is 30.0 Å². The van der Waals surface area contributed by atoms with Gasteiger partial charge in [-0.25, -0.2) is 0 Å². The smallest absolute Gasteiger partial charge is 0.167 e. The first-order valence-corrected chi connectivity index (χ1v) is 6.85. The van der Waals surface area contributed by atoms with Gasteiger partial charge in [0.1, 0.15) is 0 Å². The van der Waals surface area contributed by atoms with Gasteiger partial charge in [0.2, 0.25) is 0 Å². The minimum absolute atomic E-state index is 0.143. The van der Waals surface area contributed by atoms with E-state index in [1.165, 1.54) is 3.57 Å². The summed E-state index contributed by atoms with van der Waals surface area (Å²) in [6, 6.07) is 11.7. The van der Waals surface area contributed by atoms with Crippen LogP contribution in [0, 0.1) is 17.4 Å². The molecule has 0 aliphatic heterocycles. The van der Waals surface area contributed by atoms with E-state index in [9.17, 15) is 4.79 Å². The summed E-state index contributed by atoms with van der Waals surface area (Å²) in [5.41, 5.74) is 3.58. The third-order valence-electron chi connectivity index (χ3n) is 2.68. The molecule has 2 nitrogen and oxygen atoms in total. The van der Waals surface area contributed by atoms with Gasteiger partial charge >= 0.3 is 0 Å². The van der Waals surface area contributed by atoms with Crippen LogP contribution in [0.3, 0.4) is 0 Å². The van der Waals surface area contributed by atoms with Gasteiger partial charge in [-0.15, -0.1) is 0 Å². The van der Waals surface area contributed by atoms with Crippen LogP contribution < -0.4 is 0 Å². The summed E-state index contributed by atoms with van der Waals surface area (Å²) in [5.74, 6) is 0.143. The Morgan fingerprint density at radius 1 is 1.11 bits per heavy atom. The van der Waals surface area contributed by atoms with Crippen molar-refractivity contribution < 1.29 is 4.79 Å². The van der Waals surface area contributed by atoms with E-state index in [0.29, 0.717) is 6.42 Å². The summed E-state index contributed by atoms with van der Waals surface area (Å²) < 4.78 is 1.18. The lowest BCUT2D eigenvalue weighted by molar-refractivity contribution is 0.0992. The van der Waals surface area contributed by atoms with E-state index in [0.717, 1.165) is 22.5 Å². The predicted molar refractivity (Wildman–Crippen MR) is 80.9 cm³/mol. The first kappa shape index (κ1) is 13.2. The molecule has 2 rings (SSSR count). The van der Waals surface area contributed by atoms with Crippen LogP contribution in [0.2, 0.25) is 0 Å². The van der Waals surface area contributed by atoms with Crippen LogP contribution in [0.5, 0.6) is 0 Å². The molecule has 0 bridgehead atoms. The molecule has 0 amide bonds. The number of rotatable bonds is 3. The number of hydrogen-bond acceptors (Lipinski definition) is 2. The summed E-state index contributed by atoms with van der Waals surface area (Å²) in [4.78, 5) is 16.5. The Bertz CT molecular complexity index is 555. The van der Waals surface area contributed by atoms with Crippen molar-refractivity contribution in [3.8, 4) is 0 Å². The number of aryl methyl sites for hydroxylation is 2. The van der Waals surface area contributed by atoms with Crippen LogP contribution in [0.1, 0.15) is 27.3 Å². The molecule has 0 radical (unpaired) electrons. The first-order valence-electron chi connectivity index (χ1n) is 5.77. The molecule has 0 N–H and O–H groups in total. The summed E-state index contributed by atoms with van der Waals surface area (Å²) in [6.07, 6.45) is 0.444. The molecule has 2 aromatic rings. The number of carbonyl (C=O) groups excluding carboxylic acids is 1. The molecule has 92 valence electrons. The molecule has 1 heterocycles. The minimum atomic E-state index is 0.143. The molecule has 0 aliphatic rings. The maximum Gasteiger partial charge on any atom is 0.167 e. The lowest BCUT2D eigenvalue weighted by Gasteiger charge is -2.04. The molecular formula is C15H14INO. The lowest BCUT2D eigenvalue weighted by Crippen LogP contribution is -2.05. The number of pyridine rings is 1. The molecular weight excluding hydrogens is 337 g/mol. The fraction of sp³-hybridized carbons (Fsp3) is 0.200. The molecule has 0 spiro atoms. The summed E-state index contributed by atoms with van der Waals surface area (Å²) in [7, 11) is 0. The van der Waals surface area contributed by atoms with E-state index in [1.807, 2.05) is 50.2 Å². The van der Waals surface area contributed by atoms with E-state index >= 15 is 0 Å². The number of Topliss-reactive ketones (excluding diaryl/α,β-unsaturated/α-hetero) is 1. The van der Waals surface area contributed by atoms with Gasteiger partial charge in [0.15, 0.2) is 5.78 Å². The van der Waals surface area contributed by atoms with Crippen LogP contribution in [0.25, 0.3) is 0 Å². The number of nitrogens with zero attached hydrogens (tertiary/aromatic N) is 1. The summed E-state index contributed by atoms with van der Waals surface area (Å²) in [6.45, 7) is 3.82. The van der Waals surface area contributed by atoms with Gasteiger partial charge < -0.3 is 0 Å². The van der Waals surface area contributed by atoms with Crippen LogP contribution in [0.4, 0.5) is 0 Å². The van der Waals surface area contributed by atoms with Crippen molar-refractivity contribution in [3.63, 3.8) is 0 Å². The van der Waals surface area contributed by atoms with Gasteiger partial charge in [0, 0.05) is 26.9 Å². The Labute approximate surface area is 121 Å². The molecule has 0 unspecified atom stereocenters. The molecule has 0 saturated heterocycles. The first-order chi connectivity index (χ1) is 8.54. The number of halogens is 1. The molecule has 1 aromatic heterocycles. The second-order valence-corrected chi connectivity index (χ2v) is 5.61. The zero-order valence-corrected chi connectivity index (χ0v) is 12.6. The van der Waals surface area contributed by atoms with E-state index in [1.54, 1.807) is 0 Å². The maximum atomic E-state index is 12.2. The fourth-order valence-corrected chi connectivity index (χ4v) is 2.24. The van der Waals surface area contributed by atoms with Gasteiger partial charge in [0.05, 0.1) is 0 Å². The highest BCUT2D eigenvalue weighted by Gasteiger charge is 2.08. The monoisotopic (exact) mass is 351 g/mol. The standard InChI is InChI=1S/C15H14INO/c1-10-7-13(8-11(2)17-10)15(18)9-12-3-5-14(16)6-4-12/h3-8H,9H2,1-2H3. The minimum Gasteiger partial charge on any atom is -0.294 e. The second kappa shape index (κ2) is 5.61. The molecule has 0 atom stereocenters. The SMILES string of the molecule is Cc1cc(C(=O)Cc2ccc(I)cc2)cc(C)n1. The van der Waals surface area contributed by atoms with Crippen LogP contribution in [0.15, 0.2) is 36.4 Å². The third kappa shape index (κ3) is 3.38. The van der Waals surface area contributed by atoms with Crippen LogP contribution in [-0.4, -0.2) is 10.8 Å².